The SMILES string of the molecule is CCCCCCCCN1CCCN(C(=O)c2cccc(NS(=O)(=O)c3ccc(OC)c(OC)c3)c2)CC1. The average Bonchev–Trinajstić information content (AvgIpc) is 3.15. The first-order valence-corrected chi connectivity index (χ1v) is 14.7. The molecule has 37 heavy (non-hydrogen) atoms. The van der Waals surface area contributed by atoms with Crippen molar-refractivity contribution in [2.75, 3.05) is 51.7 Å². The van der Waals surface area contributed by atoms with Crippen molar-refractivity contribution in [2.24, 2.45) is 0 Å². The van der Waals surface area contributed by atoms with Gasteiger partial charge in [-0.2, -0.15) is 0 Å². The molecule has 0 bridgehead atoms. The van der Waals surface area contributed by atoms with Crippen LogP contribution in [0.15, 0.2) is 47.4 Å². The lowest BCUT2D eigenvalue weighted by atomic mass is 10.1. The summed E-state index contributed by atoms with van der Waals surface area (Å²) in [5, 5.41) is 0. The number of benzene rings is 2. The van der Waals surface area contributed by atoms with E-state index in [1.165, 1.54) is 64.9 Å². The second kappa shape index (κ2) is 14.2. The number of hydrogen-bond donors (Lipinski definition) is 1. The molecule has 1 aliphatic rings. The molecule has 9 heteroatoms. The topological polar surface area (TPSA) is 88.2 Å². The predicted octanol–water partition coefficient (Wildman–Crippen LogP) is 5.01. The van der Waals surface area contributed by atoms with Gasteiger partial charge < -0.3 is 19.3 Å². The highest BCUT2D eigenvalue weighted by Crippen LogP contribution is 2.30. The van der Waals surface area contributed by atoms with E-state index in [0.717, 1.165) is 26.1 Å². The number of carbonyl (C=O) groups excluding carboxylic acids is 1. The summed E-state index contributed by atoms with van der Waals surface area (Å²) in [6.07, 6.45) is 8.63. The molecule has 1 fully saturated rings. The third-order valence-electron chi connectivity index (χ3n) is 6.73. The Bertz CT molecular complexity index is 1120. The standard InChI is InChI=1S/C28H41N3O5S/c1-4-5-6-7-8-9-16-30-17-11-18-31(20-19-30)28(32)23-12-10-13-24(21-23)29-37(33,34)25-14-15-26(35-2)27(22-25)36-3/h10,12-15,21-22,29H,4-9,11,16-20H2,1-3H3. The Labute approximate surface area is 222 Å². The maximum absolute atomic E-state index is 13.3. The molecule has 204 valence electrons. The minimum absolute atomic E-state index is 0.0415. The molecule has 1 N–H and O–H groups in total. The normalized spacial score (nSPS) is 14.7. The van der Waals surface area contributed by atoms with Gasteiger partial charge in [-0.1, -0.05) is 45.1 Å². The van der Waals surface area contributed by atoms with Gasteiger partial charge in [-0.15, -0.1) is 0 Å². The summed E-state index contributed by atoms with van der Waals surface area (Å²) in [7, 11) is -0.943. The average molecular weight is 532 g/mol. The number of rotatable bonds is 13. The van der Waals surface area contributed by atoms with Crippen molar-refractivity contribution < 1.29 is 22.7 Å². The van der Waals surface area contributed by atoms with Crippen LogP contribution in [-0.4, -0.2) is 71.1 Å². The number of nitrogens with zero attached hydrogens (tertiary/aromatic N) is 2. The van der Waals surface area contributed by atoms with Crippen LogP contribution >= 0.6 is 0 Å². The summed E-state index contributed by atoms with van der Waals surface area (Å²) >= 11 is 0. The molecule has 0 aliphatic carbocycles. The van der Waals surface area contributed by atoms with Crippen molar-refractivity contribution >= 4 is 21.6 Å². The van der Waals surface area contributed by atoms with Crippen molar-refractivity contribution in [1.82, 2.24) is 9.80 Å². The summed E-state index contributed by atoms with van der Waals surface area (Å²) < 4.78 is 39.0. The quantitative estimate of drug-likeness (QED) is 0.366. The van der Waals surface area contributed by atoms with Gasteiger partial charge in [0.25, 0.3) is 15.9 Å². The summed E-state index contributed by atoms with van der Waals surface area (Å²) in [5.74, 6) is 0.687. The van der Waals surface area contributed by atoms with Gasteiger partial charge in [0.15, 0.2) is 11.5 Å². The number of unbranched alkanes of at least 4 members (excludes halogenated alkanes) is 5. The molecule has 0 saturated carbocycles. The molecule has 1 heterocycles. The maximum atomic E-state index is 13.3. The van der Waals surface area contributed by atoms with E-state index in [2.05, 4.69) is 16.5 Å². The summed E-state index contributed by atoms with van der Waals surface area (Å²) in [5.41, 5.74) is 0.803. The van der Waals surface area contributed by atoms with Gasteiger partial charge in [0.1, 0.15) is 0 Å². The summed E-state index contributed by atoms with van der Waals surface area (Å²) in [4.78, 5) is 17.6. The number of nitrogens with one attached hydrogen (secondary N) is 1. The van der Waals surface area contributed by atoms with Crippen LogP contribution in [0.5, 0.6) is 11.5 Å². The molecule has 0 unspecified atom stereocenters. The Kier molecular flexibility index (Phi) is 11.1. The van der Waals surface area contributed by atoms with Crippen LogP contribution in [0.1, 0.15) is 62.2 Å². The Morgan fingerprint density at radius 2 is 1.65 bits per heavy atom. The molecule has 0 atom stereocenters. The van der Waals surface area contributed by atoms with Gasteiger partial charge >= 0.3 is 0 Å². The van der Waals surface area contributed by atoms with Gasteiger partial charge in [-0.05, 0) is 56.3 Å². The lowest BCUT2D eigenvalue weighted by molar-refractivity contribution is 0.0761. The Morgan fingerprint density at radius 1 is 0.892 bits per heavy atom. The first-order chi connectivity index (χ1) is 17.9. The fraction of sp³-hybridized carbons (Fsp3) is 0.536. The number of sulfonamides is 1. The van der Waals surface area contributed by atoms with Gasteiger partial charge in [-0.25, -0.2) is 8.42 Å². The third-order valence-corrected chi connectivity index (χ3v) is 8.11. The molecule has 1 amide bonds. The zero-order chi connectivity index (χ0) is 26.7. The van der Waals surface area contributed by atoms with Crippen molar-refractivity contribution in [3.8, 4) is 11.5 Å². The molecule has 2 aromatic carbocycles. The Balaban J connectivity index is 1.59. The molecule has 1 saturated heterocycles. The molecule has 0 radical (unpaired) electrons. The first kappa shape index (κ1) is 28.8. The van der Waals surface area contributed by atoms with Gasteiger partial charge in [0.2, 0.25) is 0 Å². The van der Waals surface area contributed by atoms with Crippen LogP contribution in [0.3, 0.4) is 0 Å². The number of amides is 1. The van der Waals surface area contributed by atoms with Crippen LogP contribution in [0.4, 0.5) is 5.69 Å². The van der Waals surface area contributed by atoms with Crippen LogP contribution in [-0.2, 0) is 10.0 Å². The third kappa shape index (κ3) is 8.36. The molecule has 1 aliphatic heterocycles. The van der Waals surface area contributed by atoms with Crippen molar-refractivity contribution in [1.29, 1.82) is 0 Å². The zero-order valence-electron chi connectivity index (χ0n) is 22.4. The molecule has 2 aromatic rings. The fourth-order valence-electron chi connectivity index (χ4n) is 4.61. The van der Waals surface area contributed by atoms with E-state index >= 15 is 0 Å². The first-order valence-electron chi connectivity index (χ1n) is 13.2. The van der Waals surface area contributed by atoms with E-state index in [-0.39, 0.29) is 10.8 Å². The van der Waals surface area contributed by atoms with E-state index in [0.29, 0.717) is 35.8 Å². The predicted molar refractivity (Wildman–Crippen MR) is 147 cm³/mol. The molecule has 8 nitrogen and oxygen atoms in total. The minimum atomic E-state index is -3.89. The zero-order valence-corrected chi connectivity index (χ0v) is 23.2. The van der Waals surface area contributed by atoms with Gasteiger partial charge in [0, 0.05) is 37.0 Å². The van der Waals surface area contributed by atoms with Crippen LogP contribution in [0.2, 0.25) is 0 Å². The van der Waals surface area contributed by atoms with Crippen LogP contribution in [0, 0.1) is 0 Å². The molecule has 0 spiro atoms. The van der Waals surface area contributed by atoms with Crippen LogP contribution in [0.25, 0.3) is 0 Å². The summed E-state index contributed by atoms with van der Waals surface area (Å²) in [6, 6.07) is 11.1. The largest absolute Gasteiger partial charge is 0.493 e. The lowest BCUT2D eigenvalue weighted by Gasteiger charge is -2.22. The van der Waals surface area contributed by atoms with Gasteiger partial charge in [0.05, 0.1) is 19.1 Å². The Hall–Kier alpha value is -2.78. The highest BCUT2D eigenvalue weighted by Gasteiger charge is 2.22. The monoisotopic (exact) mass is 531 g/mol. The molecular weight excluding hydrogens is 490 g/mol. The number of ether oxygens (including phenoxy) is 2. The van der Waals surface area contributed by atoms with E-state index in [4.69, 9.17) is 9.47 Å². The van der Waals surface area contributed by atoms with Crippen molar-refractivity contribution in [3.05, 3.63) is 48.0 Å². The minimum Gasteiger partial charge on any atom is -0.493 e. The molecular formula is C28H41N3O5S. The van der Waals surface area contributed by atoms with E-state index in [9.17, 15) is 13.2 Å². The lowest BCUT2D eigenvalue weighted by Crippen LogP contribution is -2.35. The highest BCUT2D eigenvalue weighted by atomic mass is 32.2. The molecule has 3 rings (SSSR count). The smallest absolute Gasteiger partial charge is 0.262 e. The van der Waals surface area contributed by atoms with Crippen LogP contribution < -0.4 is 14.2 Å². The second-order valence-corrected chi connectivity index (χ2v) is 11.1. The second-order valence-electron chi connectivity index (χ2n) is 9.46. The number of methoxy groups -OCH3 is 2. The van der Waals surface area contributed by atoms with Crippen molar-refractivity contribution in [3.63, 3.8) is 0 Å². The highest BCUT2D eigenvalue weighted by molar-refractivity contribution is 7.92. The number of anilines is 1. The van der Waals surface area contributed by atoms with Gasteiger partial charge in [-0.3, -0.25) is 9.52 Å². The number of hydrogen-bond acceptors (Lipinski definition) is 6. The number of carbonyl (C=O) groups is 1. The van der Waals surface area contributed by atoms with E-state index < -0.39 is 10.0 Å². The van der Waals surface area contributed by atoms with Crippen molar-refractivity contribution in [2.45, 2.75) is 56.8 Å². The maximum Gasteiger partial charge on any atom is 0.262 e. The molecule has 0 aromatic heterocycles. The Morgan fingerprint density at radius 3 is 2.41 bits per heavy atom. The summed E-state index contributed by atoms with van der Waals surface area (Å²) in [6.45, 7) is 6.57. The van der Waals surface area contributed by atoms with E-state index in [1.54, 1.807) is 30.3 Å². The van der Waals surface area contributed by atoms with E-state index in [1.807, 2.05) is 4.90 Å². The fourth-order valence-corrected chi connectivity index (χ4v) is 5.67.